The first kappa shape index (κ1) is 26.2. The molecule has 0 amide bonds. The van der Waals surface area contributed by atoms with Gasteiger partial charge in [-0.05, 0) is 68.4 Å². The van der Waals surface area contributed by atoms with Gasteiger partial charge in [-0.2, -0.15) is 9.97 Å². The zero-order chi connectivity index (χ0) is 29.0. The average Bonchev–Trinajstić information content (AvgIpc) is 3.57. The van der Waals surface area contributed by atoms with Gasteiger partial charge in [-0.3, -0.25) is 14.9 Å². The molecule has 42 heavy (non-hydrogen) atoms. The molecule has 0 spiro atoms. The number of rotatable bonds is 5. The van der Waals surface area contributed by atoms with Gasteiger partial charge in [0.15, 0.2) is 5.82 Å². The van der Waals surface area contributed by atoms with Crippen molar-refractivity contribution in [2.45, 2.75) is 31.2 Å². The second-order valence-corrected chi connectivity index (χ2v) is 10.8. The Morgan fingerprint density at radius 3 is 2.57 bits per heavy atom. The van der Waals surface area contributed by atoms with Gasteiger partial charge in [0.1, 0.15) is 35.2 Å². The van der Waals surface area contributed by atoms with Gasteiger partial charge in [-0.25, -0.2) is 13.2 Å². The number of phenols is 1. The molecule has 7 nitrogen and oxygen atoms in total. The first-order valence-electron chi connectivity index (χ1n) is 13.6. The molecule has 210 valence electrons. The van der Waals surface area contributed by atoms with Crippen LogP contribution >= 0.6 is 0 Å². The average molecular weight is 568 g/mol. The highest BCUT2D eigenvalue weighted by Gasteiger charge is 2.45. The van der Waals surface area contributed by atoms with E-state index < -0.39 is 17.5 Å². The molecule has 3 aromatic heterocycles. The number of aromatic nitrogens is 4. The SMILES string of the molecule is C#Cc1c(F)ccc2cc(O)cc(-c3ncc4c(-c5cncc(F)c5)nc(OCC56CCCN5CCC6)nc4c3F)c12. The summed E-state index contributed by atoms with van der Waals surface area (Å²) >= 11 is 0. The first-order valence-corrected chi connectivity index (χ1v) is 13.6. The van der Waals surface area contributed by atoms with E-state index in [1.807, 2.05) is 0 Å². The maximum Gasteiger partial charge on any atom is 0.317 e. The van der Waals surface area contributed by atoms with Crippen LogP contribution in [0.5, 0.6) is 11.8 Å². The Balaban J connectivity index is 1.43. The fourth-order valence-electron chi connectivity index (χ4n) is 6.46. The normalized spacial score (nSPS) is 16.1. The van der Waals surface area contributed by atoms with Crippen LogP contribution in [0.15, 0.2) is 48.9 Å². The Labute approximate surface area is 239 Å². The van der Waals surface area contributed by atoms with Crippen LogP contribution in [0.25, 0.3) is 44.2 Å². The van der Waals surface area contributed by atoms with Gasteiger partial charge in [-0.15, -0.1) is 6.42 Å². The molecule has 5 aromatic rings. The van der Waals surface area contributed by atoms with E-state index in [4.69, 9.17) is 11.2 Å². The summed E-state index contributed by atoms with van der Waals surface area (Å²) in [6.45, 7) is 2.34. The van der Waals surface area contributed by atoms with Crippen LogP contribution in [-0.4, -0.2) is 55.2 Å². The molecule has 0 atom stereocenters. The standard InChI is InChI=1S/C32H24F3N5O2/c1-2-22-25(34)6-5-18-12-21(41)13-23(26(18)22)29-27(35)30-24(16-37-29)28(19-11-20(33)15-36-14-19)38-31(39-30)42-17-32-7-3-9-40(32)10-4-8-32/h1,5-6,11-16,41H,3-4,7-10,17H2. The summed E-state index contributed by atoms with van der Waals surface area (Å²) in [4.78, 5) is 19.7. The van der Waals surface area contributed by atoms with Crippen molar-refractivity contribution in [2.24, 2.45) is 0 Å². The Bertz CT molecular complexity index is 1930. The van der Waals surface area contributed by atoms with Gasteiger partial charge in [0, 0.05) is 34.3 Å². The summed E-state index contributed by atoms with van der Waals surface area (Å²) in [5.74, 6) is 0.0467. The molecule has 0 aliphatic carbocycles. The fraction of sp³-hybridized carbons (Fsp3) is 0.250. The number of nitrogens with zero attached hydrogens (tertiary/aromatic N) is 5. The lowest BCUT2D eigenvalue weighted by atomic mass is 9.95. The van der Waals surface area contributed by atoms with E-state index in [1.165, 1.54) is 42.7 Å². The molecule has 0 radical (unpaired) electrons. The summed E-state index contributed by atoms with van der Waals surface area (Å²) in [5, 5.41) is 11.3. The molecule has 2 aliphatic heterocycles. The number of aromatic hydroxyl groups is 1. The summed E-state index contributed by atoms with van der Waals surface area (Å²) < 4.78 is 51.6. The molecule has 7 rings (SSSR count). The predicted molar refractivity (Wildman–Crippen MR) is 151 cm³/mol. The van der Waals surface area contributed by atoms with Crippen molar-refractivity contribution in [3.8, 4) is 46.6 Å². The molecule has 0 bridgehead atoms. The molecular formula is C32H24F3N5O2. The number of phenolic OH excluding ortho intramolecular Hbond substituents is 1. The third-order valence-corrected chi connectivity index (χ3v) is 8.37. The summed E-state index contributed by atoms with van der Waals surface area (Å²) in [5.41, 5.74) is 0.0565. The molecule has 1 N–H and O–H groups in total. The van der Waals surface area contributed by atoms with Crippen LogP contribution in [0.1, 0.15) is 31.2 Å². The van der Waals surface area contributed by atoms with E-state index >= 15 is 4.39 Å². The van der Waals surface area contributed by atoms with Gasteiger partial charge < -0.3 is 9.84 Å². The number of benzene rings is 2. The van der Waals surface area contributed by atoms with Crippen molar-refractivity contribution in [3.63, 3.8) is 0 Å². The van der Waals surface area contributed by atoms with Crippen molar-refractivity contribution < 1.29 is 23.0 Å². The molecule has 2 fully saturated rings. The van der Waals surface area contributed by atoms with Crippen molar-refractivity contribution >= 4 is 21.7 Å². The molecule has 2 aliphatic rings. The van der Waals surface area contributed by atoms with Crippen LogP contribution < -0.4 is 4.74 Å². The minimum absolute atomic E-state index is 0.0675. The van der Waals surface area contributed by atoms with Gasteiger partial charge >= 0.3 is 6.01 Å². The quantitative estimate of drug-likeness (QED) is 0.260. The first-order chi connectivity index (χ1) is 20.4. The number of ether oxygens (including phenoxy) is 1. The van der Waals surface area contributed by atoms with Crippen molar-refractivity contribution in [1.82, 2.24) is 24.8 Å². The second kappa shape index (κ2) is 9.96. The van der Waals surface area contributed by atoms with Gasteiger partial charge in [0.25, 0.3) is 0 Å². The second-order valence-electron chi connectivity index (χ2n) is 10.8. The lowest BCUT2D eigenvalue weighted by molar-refractivity contribution is 0.108. The van der Waals surface area contributed by atoms with E-state index in [1.54, 1.807) is 0 Å². The Morgan fingerprint density at radius 2 is 1.81 bits per heavy atom. The molecule has 10 heteroatoms. The monoisotopic (exact) mass is 567 g/mol. The number of terminal acetylenes is 1. The maximum atomic E-state index is 16.5. The summed E-state index contributed by atoms with van der Waals surface area (Å²) in [7, 11) is 0. The van der Waals surface area contributed by atoms with E-state index in [-0.39, 0.29) is 56.1 Å². The number of halogens is 3. The molecular weight excluding hydrogens is 543 g/mol. The Kier molecular flexibility index (Phi) is 6.21. The largest absolute Gasteiger partial charge is 0.508 e. The van der Waals surface area contributed by atoms with E-state index in [0.29, 0.717) is 17.6 Å². The number of pyridine rings is 2. The van der Waals surface area contributed by atoms with Crippen LogP contribution in [0, 0.1) is 29.8 Å². The van der Waals surface area contributed by atoms with E-state index in [9.17, 15) is 13.9 Å². The topological polar surface area (TPSA) is 84.3 Å². The van der Waals surface area contributed by atoms with Gasteiger partial charge in [0.05, 0.1) is 23.0 Å². The van der Waals surface area contributed by atoms with E-state index in [0.717, 1.165) is 45.0 Å². The zero-order valence-electron chi connectivity index (χ0n) is 22.4. The fourth-order valence-corrected chi connectivity index (χ4v) is 6.46. The van der Waals surface area contributed by atoms with Gasteiger partial charge in [0.2, 0.25) is 0 Å². The van der Waals surface area contributed by atoms with Crippen LogP contribution in [0.2, 0.25) is 0 Å². The Hall–Kier alpha value is -4.75. The lowest BCUT2D eigenvalue weighted by Gasteiger charge is -2.31. The molecule has 2 saturated heterocycles. The third-order valence-electron chi connectivity index (χ3n) is 8.37. The molecule has 2 aromatic carbocycles. The summed E-state index contributed by atoms with van der Waals surface area (Å²) in [6.07, 6.45) is 13.6. The van der Waals surface area contributed by atoms with Crippen molar-refractivity contribution in [2.75, 3.05) is 19.7 Å². The zero-order valence-corrected chi connectivity index (χ0v) is 22.4. The minimum atomic E-state index is -0.856. The lowest BCUT2D eigenvalue weighted by Crippen LogP contribution is -2.43. The van der Waals surface area contributed by atoms with Crippen LogP contribution in [0.4, 0.5) is 13.2 Å². The summed E-state index contributed by atoms with van der Waals surface area (Å²) in [6, 6.07) is 6.51. The minimum Gasteiger partial charge on any atom is -0.508 e. The maximum absolute atomic E-state index is 16.5. The highest BCUT2D eigenvalue weighted by Crippen LogP contribution is 2.41. The highest BCUT2D eigenvalue weighted by atomic mass is 19.1. The van der Waals surface area contributed by atoms with Crippen LogP contribution in [0.3, 0.4) is 0 Å². The molecule has 0 saturated carbocycles. The molecule has 0 unspecified atom stereocenters. The predicted octanol–water partition coefficient (Wildman–Crippen LogP) is 6.02. The van der Waals surface area contributed by atoms with Crippen LogP contribution in [-0.2, 0) is 0 Å². The van der Waals surface area contributed by atoms with Crippen molar-refractivity contribution in [3.05, 3.63) is 71.9 Å². The van der Waals surface area contributed by atoms with Crippen molar-refractivity contribution in [1.29, 1.82) is 0 Å². The van der Waals surface area contributed by atoms with Gasteiger partial charge in [-0.1, -0.05) is 12.0 Å². The third kappa shape index (κ3) is 4.20. The number of hydrogen-bond donors (Lipinski definition) is 1. The number of fused-ring (bicyclic) bond motifs is 3. The highest BCUT2D eigenvalue weighted by molar-refractivity contribution is 6.03. The Morgan fingerprint density at radius 1 is 1.00 bits per heavy atom. The molecule has 5 heterocycles. The number of hydrogen-bond acceptors (Lipinski definition) is 7. The smallest absolute Gasteiger partial charge is 0.317 e. The van der Waals surface area contributed by atoms with E-state index in [2.05, 4.69) is 30.8 Å².